The van der Waals surface area contributed by atoms with Gasteiger partial charge >= 0.3 is 0 Å². The van der Waals surface area contributed by atoms with E-state index in [-0.39, 0.29) is 10.8 Å². The second-order valence-corrected chi connectivity index (χ2v) is 8.68. The first kappa shape index (κ1) is 17.7. The standard InChI is InChI=1S/C19H25NO2S/c1-18(2,3)12-8-13(15-11-23-16(10-21)20-15)17(22-7)14(9-12)19(4,5)6/h8-11H,1-7H3. The Hall–Kier alpha value is -1.68. The van der Waals surface area contributed by atoms with Gasteiger partial charge in [-0.15, -0.1) is 11.3 Å². The molecule has 2 rings (SSSR count). The van der Waals surface area contributed by atoms with E-state index < -0.39 is 0 Å². The fourth-order valence-electron chi connectivity index (χ4n) is 2.49. The number of rotatable bonds is 3. The van der Waals surface area contributed by atoms with Crippen LogP contribution in [0.25, 0.3) is 11.3 Å². The molecule has 4 heteroatoms. The van der Waals surface area contributed by atoms with E-state index in [1.54, 1.807) is 7.11 Å². The van der Waals surface area contributed by atoms with Crippen LogP contribution in [0.1, 0.15) is 62.5 Å². The number of nitrogens with zero attached hydrogens (tertiary/aromatic N) is 1. The van der Waals surface area contributed by atoms with Crippen molar-refractivity contribution >= 4 is 17.6 Å². The molecule has 0 atom stereocenters. The van der Waals surface area contributed by atoms with Crippen molar-refractivity contribution in [3.05, 3.63) is 33.6 Å². The lowest BCUT2D eigenvalue weighted by Crippen LogP contribution is -2.18. The monoisotopic (exact) mass is 331 g/mol. The molecule has 0 amide bonds. The molecular weight excluding hydrogens is 306 g/mol. The summed E-state index contributed by atoms with van der Waals surface area (Å²) in [5, 5.41) is 2.40. The maximum atomic E-state index is 11.0. The topological polar surface area (TPSA) is 39.2 Å². The molecule has 0 fully saturated rings. The van der Waals surface area contributed by atoms with Crippen LogP contribution in [0.15, 0.2) is 17.5 Å². The molecule has 0 saturated heterocycles. The highest BCUT2D eigenvalue weighted by Gasteiger charge is 2.26. The van der Waals surface area contributed by atoms with Gasteiger partial charge in [0.1, 0.15) is 5.75 Å². The van der Waals surface area contributed by atoms with Gasteiger partial charge in [0.15, 0.2) is 11.3 Å². The predicted octanol–water partition coefficient (Wildman–Crippen LogP) is 5.23. The lowest BCUT2D eigenvalue weighted by molar-refractivity contribution is 0.112. The molecule has 23 heavy (non-hydrogen) atoms. The fraction of sp³-hybridized carbons (Fsp3) is 0.474. The number of hydrogen-bond donors (Lipinski definition) is 0. The zero-order valence-corrected chi connectivity index (χ0v) is 15.8. The third-order valence-corrected chi connectivity index (χ3v) is 4.64. The van der Waals surface area contributed by atoms with Crippen LogP contribution in [0.4, 0.5) is 0 Å². The molecule has 0 bridgehead atoms. The van der Waals surface area contributed by atoms with E-state index in [0.29, 0.717) is 5.01 Å². The van der Waals surface area contributed by atoms with Crippen LogP contribution in [0.2, 0.25) is 0 Å². The molecule has 0 radical (unpaired) electrons. The normalized spacial score (nSPS) is 12.3. The van der Waals surface area contributed by atoms with Crippen LogP contribution in [0, 0.1) is 0 Å². The number of carbonyl (C=O) groups excluding carboxylic acids is 1. The Morgan fingerprint density at radius 2 is 1.74 bits per heavy atom. The molecule has 1 heterocycles. The Labute approximate surface area is 142 Å². The summed E-state index contributed by atoms with van der Waals surface area (Å²) in [5.74, 6) is 0.841. The second kappa shape index (κ2) is 6.08. The predicted molar refractivity (Wildman–Crippen MR) is 96.9 cm³/mol. The molecule has 0 aliphatic carbocycles. The van der Waals surface area contributed by atoms with Crippen LogP contribution in [-0.2, 0) is 10.8 Å². The smallest absolute Gasteiger partial charge is 0.178 e. The summed E-state index contributed by atoms with van der Waals surface area (Å²) in [6.45, 7) is 13.1. The highest BCUT2D eigenvalue weighted by molar-refractivity contribution is 7.11. The molecule has 0 spiro atoms. The van der Waals surface area contributed by atoms with Gasteiger partial charge in [0.25, 0.3) is 0 Å². The van der Waals surface area contributed by atoms with Gasteiger partial charge in [-0.3, -0.25) is 4.79 Å². The number of benzene rings is 1. The Morgan fingerprint density at radius 1 is 1.09 bits per heavy atom. The van der Waals surface area contributed by atoms with Crippen LogP contribution in [0.5, 0.6) is 5.75 Å². The molecule has 0 N–H and O–H groups in total. The zero-order chi connectivity index (χ0) is 17.4. The lowest BCUT2D eigenvalue weighted by Gasteiger charge is -2.28. The van der Waals surface area contributed by atoms with Crippen molar-refractivity contribution in [1.82, 2.24) is 4.98 Å². The number of carbonyl (C=O) groups is 1. The molecule has 2 aromatic rings. The van der Waals surface area contributed by atoms with Gasteiger partial charge in [-0.05, 0) is 22.5 Å². The molecular formula is C19H25NO2S. The van der Waals surface area contributed by atoms with Crippen molar-refractivity contribution in [3.8, 4) is 17.0 Å². The minimum atomic E-state index is -0.0507. The number of ether oxygens (including phenoxy) is 1. The first-order valence-corrected chi connectivity index (χ1v) is 8.60. The molecule has 0 saturated carbocycles. The van der Waals surface area contributed by atoms with E-state index in [9.17, 15) is 4.79 Å². The number of aromatic nitrogens is 1. The molecule has 1 aromatic carbocycles. The van der Waals surface area contributed by atoms with Crippen molar-refractivity contribution in [1.29, 1.82) is 0 Å². The quantitative estimate of drug-likeness (QED) is 0.723. The molecule has 3 nitrogen and oxygen atoms in total. The first-order valence-electron chi connectivity index (χ1n) is 7.72. The summed E-state index contributed by atoms with van der Waals surface area (Å²) in [5.41, 5.74) is 4.11. The zero-order valence-electron chi connectivity index (χ0n) is 15.0. The highest BCUT2D eigenvalue weighted by Crippen LogP contribution is 2.42. The minimum Gasteiger partial charge on any atom is -0.496 e. The van der Waals surface area contributed by atoms with Crippen molar-refractivity contribution < 1.29 is 9.53 Å². The third-order valence-electron chi connectivity index (χ3n) is 3.87. The average Bonchev–Trinajstić information content (AvgIpc) is 2.92. The maximum absolute atomic E-state index is 11.0. The van der Waals surface area contributed by atoms with Crippen LogP contribution < -0.4 is 4.74 Å². The number of hydrogen-bond acceptors (Lipinski definition) is 4. The van der Waals surface area contributed by atoms with Gasteiger partial charge in [0.05, 0.1) is 12.8 Å². The molecule has 1 aromatic heterocycles. The maximum Gasteiger partial charge on any atom is 0.178 e. The summed E-state index contributed by atoms with van der Waals surface area (Å²) in [4.78, 5) is 15.4. The first-order chi connectivity index (χ1) is 10.6. The minimum absolute atomic E-state index is 0.0184. The van der Waals surface area contributed by atoms with E-state index in [4.69, 9.17) is 4.74 Å². The third kappa shape index (κ3) is 3.63. The molecule has 0 aliphatic heterocycles. The summed E-state index contributed by atoms with van der Waals surface area (Å²) in [6.07, 6.45) is 0.791. The Morgan fingerprint density at radius 3 is 2.17 bits per heavy atom. The van der Waals surface area contributed by atoms with Gasteiger partial charge < -0.3 is 4.74 Å². The molecule has 124 valence electrons. The largest absolute Gasteiger partial charge is 0.496 e. The fourth-order valence-corrected chi connectivity index (χ4v) is 3.11. The van der Waals surface area contributed by atoms with Crippen molar-refractivity contribution in [3.63, 3.8) is 0 Å². The summed E-state index contributed by atoms with van der Waals surface area (Å²) < 4.78 is 5.74. The van der Waals surface area contributed by atoms with E-state index in [1.165, 1.54) is 16.9 Å². The van der Waals surface area contributed by atoms with Crippen molar-refractivity contribution in [2.75, 3.05) is 7.11 Å². The van der Waals surface area contributed by atoms with Crippen LogP contribution >= 0.6 is 11.3 Å². The van der Waals surface area contributed by atoms with Gasteiger partial charge in [-0.25, -0.2) is 4.98 Å². The summed E-state index contributed by atoms with van der Waals surface area (Å²) >= 11 is 1.36. The lowest BCUT2D eigenvalue weighted by atomic mass is 9.78. The van der Waals surface area contributed by atoms with Crippen molar-refractivity contribution in [2.45, 2.75) is 52.4 Å². The number of aldehydes is 1. The average molecular weight is 331 g/mol. The molecule has 0 unspecified atom stereocenters. The highest BCUT2D eigenvalue weighted by atomic mass is 32.1. The molecule has 0 aliphatic rings. The van der Waals surface area contributed by atoms with Crippen LogP contribution in [-0.4, -0.2) is 18.4 Å². The van der Waals surface area contributed by atoms with Gasteiger partial charge in [0, 0.05) is 16.5 Å². The Balaban J connectivity index is 2.80. The van der Waals surface area contributed by atoms with E-state index >= 15 is 0 Å². The van der Waals surface area contributed by atoms with Gasteiger partial charge in [0.2, 0.25) is 0 Å². The second-order valence-electron chi connectivity index (χ2n) is 7.79. The van der Waals surface area contributed by atoms with Gasteiger partial charge in [-0.1, -0.05) is 47.6 Å². The number of thiazole rings is 1. The summed E-state index contributed by atoms with van der Waals surface area (Å²) in [6, 6.07) is 4.37. The number of methoxy groups -OCH3 is 1. The SMILES string of the molecule is COc1c(-c2csc(C=O)n2)cc(C(C)(C)C)cc1C(C)(C)C. The van der Waals surface area contributed by atoms with Crippen LogP contribution in [0.3, 0.4) is 0 Å². The van der Waals surface area contributed by atoms with Gasteiger partial charge in [-0.2, -0.15) is 0 Å². The Bertz CT molecular complexity index is 718. The van der Waals surface area contributed by atoms with Crippen molar-refractivity contribution in [2.24, 2.45) is 0 Å². The van der Waals surface area contributed by atoms with E-state index in [1.807, 2.05) is 5.38 Å². The summed E-state index contributed by atoms with van der Waals surface area (Å²) in [7, 11) is 1.69. The van der Waals surface area contributed by atoms with E-state index in [2.05, 4.69) is 58.7 Å². The van der Waals surface area contributed by atoms with E-state index in [0.717, 1.165) is 28.9 Å². The Kier molecular flexibility index (Phi) is 4.67.